The van der Waals surface area contributed by atoms with Gasteiger partial charge in [0, 0.05) is 39.4 Å². The summed E-state index contributed by atoms with van der Waals surface area (Å²) in [5, 5.41) is 4.12. The molecule has 134 valence electrons. The number of rotatable bonds is 4. The third-order valence-electron chi connectivity index (χ3n) is 4.49. The van der Waals surface area contributed by atoms with E-state index in [1.54, 1.807) is 43.2 Å². The molecule has 7 nitrogen and oxygen atoms in total. The van der Waals surface area contributed by atoms with Crippen LogP contribution in [0.15, 0.2) is 41.4 Å². The van der Waals surface area contributed by atoms with Crippen LogP contribution in [0.1, 0.15) is 12.8 Å². The second-order valence-electron chi connectivity index (χ2n) is 6.37. The molecule has 25 heavy (non-hydrogen) atoms. The zero-order valence-electron chi connectivity index (χ0n) is 14.6. The summed E-state index contributed by atoms with van der Waals surface area (Å²) in [5.74, 6) is -0.177. The van der Waals surface area contributed by atoms with Gasteiger partial charge in [0.2, 0.25) is 15.9 Å². The number of amides is 1. The maximum atomic E-state index is 13.1. The van der Waals surface area contributed by atoms with Crippen molar-refractivity contribution in [3.05, 3.63) is 36.5 Å². The Bertz CT molecular complexity index is 889. The van der Waals surface area contributed by atoms with Crippen molar-refractivity contribution in [3.63, 3.8) is 0 Å². The molecule has 0 unspecified atom stereocenters. The topological polar surface area (TPSA) is 75.5 Å². The van der Waals surface area contributed by atoms with E-state index in [-0.39, 0.29) is 10.8 Å². The van der Waals surface area contributed by atoms with E-state index >= 15 is 0 Å². The molecule has 1 atom stereocenters. The van der Waals surface area contributed by atoms with Crippen molar-refractivity contribution < 1.29 is 13.2 Å². The van der Waals surface area contributed by atoms with Gasteiger partial charge in [0.15, 0.2) is 0 Å². The third-order valence-corrected chi connectivity index (χ3v) is 6.39. The van der Waals surface area contributed by atoms with Crippen molar-refractivity contribution in [1.29, 1.82) is 0 Å². The van der Waals surface area contributed by atoms with Crippen molar-refractivity contribution in [1.82, 2.24) is 19.0 Å². The molecular formula is C17H22N4O3S. The van der Waals surface area contributed by atoms with E-state index in [1.165, 1.54) is 9.21 Å². The Morgan fingerprint density at radius 3 is 2.68 bits per heavy atom. The van der Waals surface area contributed by atoms with Gasteiger partial charge in [-0.2, -0.15) is 9.40 Å². The monoisotopic (exact) mass is 362 g/mol. The second kappa shape index (κ2) is 6.61. The van der Waals surface area contributed by atoms with Crippen LogP contribution < -0.4 is 0 Å². The van der Waals surface area contributed by atoms with Crippen LogP contribution in [0, 0.1) is 0 Å². The number of hydrogen-bond donors (Lipinski definition) is 0. The van der Waals surface area contributed by atoms with E-state index in [1.807, 2.05) is 19.2 Å². The number of likely N-dealkylation sites (N-methyl/N-ethyl adjacent to an activating group) is 1. The van der Waals surface area contributed by atoms with Crippen LogP contribution in [0.5, 0.6) is 0 Å². The fourth-order valence-corrected chi connectivity index (χ4v) is 4.88. The van der Waals surface area contributed by atoms with Crippen LogP contribution in [0.2, 0.25) is 0 Å². The normalized spacial score (nSPS) is 18.4. The molecule has 0 saturated carbocycles. The molecule has 1 amide bonds. The van der Waals surface area contributed by atoms with Crippen molar-refractivity contribution in [2.45, 2.75) is 23.8 Å². The van der Waals surface area contributed by atoms with Crippen molar-refractivity contribution in [3.8, 4) is 11.3 Å². The lowest BCUT2D eigenvalue weighted by atomic mass is 10.1. The van der Waals surface area contributed by atoms with E-state index in [0.717, 1.165) is 11.3 Å². The molecule has 0 radical (unpaired) electrons. The Kier molecular flexibility index (Phi) is 4.66. The zero-order chi connectivity index (χ0) is 18.2. The van der Waals surface area contributed by atoms with Crippen molar-refractivity contribution >= 4 is 15.9 Å². The minimum absolute atomic E-state index is 0.177. The molecule has 0 aliphatic carbocycles. The summed E-state index contributed by atoms with van der Waals surface area (Å²) in [4.78, 5) is 14.0. The molecule has 0 bridgehead atoms. The van der Waals surface area contributed by atoms with E-state index in [9.17, 15) is 13.2 Å². The van der Waals surface area contributed by atoms with Gasteiger partial charge < -0.3 is 4.90 Å². The van der Waals surface area contributed by atoms with Gasteiger partial charge in [-0.1, -0.05) is 12.1 Å². The molecule has 1 fully saturated rings. The van der Waals surface area contributed by atoms with Crippen LogP contribution in [-0.4, -0.2) is 60.0 Å². The lowest BCUT2D eigenvalue weighted by Crippen LogP contribution is -2.45. The van der Waals surface area contributed by atoms with Crippen LogP contribution in [0.3, 0.4) is 0 Å². The van der Waals surface area contributed by atoms with Crippen LogP contribution >= 0.6 is 0 Å². The van der Waals surface area contributed by atoms with Gasteiger partial charge in [0.1, 0.15) is 6.04 Å². The number of sulfonamides is 1. The summed E-state index contributed by atoms with van der Waals surface area (Å²) < 4.78 is 29.2. The molecule has 8 heteroatoms. The van der Waals surface area contributed by atoms with E-state index in [0.29, 0.717) is 19.4 Å². The first kappa shape index (κ1) is 17.6. The molecular weight excluding hydrogens is 340 g/mol. The molecule has 1 aromatic carbocycles. The number of aryl methyl sites for hydroxylation is 1. The maximum Gasteiger partial charge on any atom is 0.243 e. The Morgan fingerprint density at radius 1 is 1.28 bits per heavy atom. The number of carbonyl (C=O) groups excluding carboxylic acids is 1. The summed E-state index contributed by atoms with van der Waals surface area (Å²) in [5.41, 5.74) is 1.61. The lowest BCUT2D eigenvalue weighted by molar-refractivity contribution is -0.132. The highest BCUT2D eigenvalue weighted by atomic mass is 32.2. The van der Waals surface area contributed by atoms with Crippen molar-refractivity contribution in [2.24, 2.45) is 7.05 Å². The number of hydrogen-bond acceptors (Lipinski definition) is 4. The van der Waals surface area contributed by atoms with Gasteiger partial charge in [-0.25, -0.2) is 8.42 Å². The molecule has 2 aromatic rings. The predicted molar refractivity (Wildman–Crippen MR) is 94.3 cm³/mol. The fourth-order valence-electron chi connectivity index (χ4n) is 3.18. The average molecular weight is 362 g/mol. The Morgan fingerprint density at radius 2 is 2.04 bits per heavy atom. The molecule has 3 rings (SSSR count). The van der Waals surface area contributed by atoms with Gasteiger partial charge in [0.05, 0.1) is 10.6 Å². The standard InChI is InChI=1S/C17H22N4O3S/c1-19(2)17(22)16-8-5-11-21(16)25(23,24)14-7-4-6-13(12-14)15-9-10-18-20(15)3/h4,6-7,9-10,12,16H,5,8,11H2,1-3H3/t16-/m0/s1. The Balaban J connectivity index is 1.98. The minimum atomic E-state index is -3.74. The van der Waals surface area contributed by atoms with Crippen molar-refractivity contribution in [2.75, 3.05) is 20.6 Å². The average Bonchev–Trinajstić information content (AvgIpc) is 3.23. The summed E-state index contributed by atoms with van der Waals surface area (Å²) in [6.45, 7) is 0.364. The predicted octanol–water partition coefficient (Wildman–Crippen LogP) is 1.33. The second-order valence-corrected chi connectivity index (χ2v) is 8.26. The van der Waals surface area contributed by atoms with Gasteiger partial charge in [-0.15, -0.1) is 0 Å². The number of benzene rings is 1. The summed E-state index contributed by atoms with van der Waals surface area (Å²) in [7, 11) is 1.37. The molecule has 1 aromatic heterocycles. The van der Waals surface area contributed by atoms with Gasteiger partial charge in [0.25, 0.3) is 0 Å². The number of aromatic nitrogens is 2. The molecule has 1 aliphatic heterocycles. The van der Waals surface area contributed by atoms with Crippen LogP contribution in [-0.2, 0) is 21.9 Å². The fraction of sp³-hybridized carbons (Fsp3) is 0.412. The van der Waals surface area contributed by atoms with E-state index < -0.39 is 16.1 Å². The van der Waals surface area contributed by atoms with Gasteiger partial charge in [-0.05, 0) is 31.0 Å². The molecule has 0 spiro atoms. The highest BCUT2D eigenvalue weighted by molar-refractivity contribution is 7.89. The number of nitrogens with zero attached hydrogens (tertiary/aromatic N) is 4. The lowest BCUT2D eigenvalue weighted by Gasteiger charge is -2.25. The molecule has 1 aliphatic rings. The quantitative estimate of drug-likeness (QED) is 0.822. The van der Waals surface area contributed by atoms with E-state index in [4.69, 9.17) is 0 Å². The first-order chi connectivity index (χ1) is 11.8. The maximum absolute atomic E-state index is 13.1. The summed E-state index contributed by atoms with van der Waals surface area (Å²) in [6, 6.07) is 7.99. The first-order valence-corrected chi connectivity index (χ1v) is 9.58. The largest absolute Gasteiger partial charge is 0.347 e. The molecule has 2 heterocycles. The minimum Gasteiger partial charge on any atom is -0.347 e. The highest BCUT2D eigenvalue weighted by Gasteiger charge is 2.40. The summed E-state index contributed by atoms with van der Waals surface area (Å²) >= 11 is 0. The van der Waals surface area contributed by atoms with Gasteiger partial charge in [-0.3, -0.25) is 9.48 Å². The SMILES string of the molecule is CN(C)C(=O)[C@@H]1CCCN1S(=O)(=O)c1cccc(-c2ccnn2C)c1. The summed E-state index contributed by atoms with van der Waals surface area (Å²) in [6.07, 6.45) is 2.91. The van der Waals surface area contributed by atoms with E-state index in [2.05, 4.69) is 5.10 Å². The third kappa shape index (κ3) is 3.19. The van der Waals surface area contributed by atoms with Crippen LogP contribution in [0.25, 0.3) is 11.3 Å². The number of carbonyl (C=O) groups is 1. The zero-order valence-corrected chi connectivity index (χ0v) is 15.4. The van der Waals surface area contributed by atoms with Crippen LogP contribution in [0.4, 0.5) is 0 Å². The van der Waals surface area contributed by atoms with Gasteiger partial charge >= 0.3 is 0 Å². The first-order valence-electron chi connectivity index (χ1n) is 8.14. The molecule has 1 saturated heterocycles. The smallest absolute Gasteiger partial charge is 0.243 e. The highest BCUT2D eigenvalue weighted by Crippen LogP contribution is 2.29. The molecule has 0 N–H and O–H groups in total. The Labute approximate surface area is 147 Å². The Hall–Kier alpha value is -2.19.